The smallest absolute Gasteiger partial charge is 0.490 e. The van der Waals surface area contributed by atoms with Crippen molar-refractivity contribution in [2.24, 2.45) is 5.73 Å². The summed E-state index contributed by atoms with van der Waals surface area (Å²) in [6, 6.07) is 6.59. The zero-order valence-corrected chi connectivity index (χ0v) is 13.1. The molecule has 1 aromatic heterocycles. The van der Waals surface area contributed by atoms with E-state index in [1.807, 2.05) is 0 Å². The van der Waals surface area contributed by atoms with Crippen LogP contribution in [0.25, 0.3) is 11.0 Å². The maximum absolute atomic E-state index is 11.4. The third-order valence-corrected chi connectivity index (χ3v) is 2.76. The normalized spacial score (nSPS) is 10.8. The lowest BCUT2D eigenvalue weighted by atomic mass is 10.2. The molecule has 0 radical (unpaired) electrons. The fourth-order valence-corrected chi connectivity index (χ4v) is 1.63. The van der Waals surface area contributed by atoms with Gasteiger partial charge in [-0.15, -0.1) is 0 Å². The molecule has 0 unspecified atom stereocenters. The molecule has 2 aromatic rings. The number of fused-ring (bicyclic) bond motifs is 1. The first-order chi connectivity index (χ1) is 11.7. The van der Waals surface area contributed by atoms with E-state index in [1.165, 1.54) is 6.07 Å². The Morgan fingerprint density at radius 1 is 1.32 bits per heavy atom. The van der Waals surface area contributed by atoms with Crippen LogP contribution < -0.4 is 20.8 Å². The zero-order chi connectivity index (χ0) is 19.0. The number of benzene rings is 1. The molecule has 0 saturated carbocycles. The Labute approximate surface area is 139 Å². The number of methoxy groups -OCH3 is 1. The third-order valence-electron chi connectivity index (χ3n) is 2.76. The van der Waals surface area contributed by atoms with Crippen molar-refractivity contribution in [3.63, 3.8) is 0 Å². The second-order valence-corrected chi connectivity index (χ2v) is 4.59. The highest BCUT2D eigenvalue weighted by atomic mass is 19.4. The summed E-state index contributed by atoms with van der Waals surface area (Å²) in [5.74, 6) is -1.62. The molecule has 2 rings (SSSR count). The summed E-state index contributed by atoms with van der Waals surface area (Å²) in [4.78, 5) is 20.3. The van der Waals surface area contributed by atoms with Crippen molar-refractivity contribution in [3.8, 4) is 11.5 Å². The molecule has 0 amide bonds. The van der Waals surface area contributed by atoms with Crippen LogP contribution in [-0.4, -0.2) is 37.5 Å². The Balaban J connectivity index is 0.000000381. The van der Waals surface area contributed by atoms with E-state index < -0.39 is 17.8 Å². The largest absolute Gasteiger partial charge is 0.497 e. The van der Waals surface area contributed by atoms with Crippen LogP contribution in [0.5, 0.6) is 11.5 Å². The van der Waals surface area contributed by atoms with E-state index in [0.717, 1.165) is 11.8 Å². The van der Waals surface area contributed by atoms with Gasteiger partial charge in [0.2, 0.25) is 0 Å². The second kappa shape index (κ2) is 8.92. The van der Waals surface area contributed by atoms with Gasteiger partial charge in [0.25, 0.3) is 0 Å². The van der Waals surface area contributed by atoms with E-state index in [2.05, 4.69) is 0 Å². The number of carbonyl (C=O) groups is 1. The van der Waals surface area contributed by atoms with Crippen LogP contribution in [0.3, 0.4) is 0 Å². The molecule has 0 saturated heterocycles. The number of hydrogen-bond donors (Lipinski definition) is 2. The van der Waals surface area contributed by atoms with Crippen molar-refractivity contribution in [2.75, 3.05) is 20.3 Å². The topological polar surface area (TPSA) is 112 Å². The van der Waals surface area contributed by atoms with Crippen LogP contribution in [0.15, 0.2) is 33.5 Å². The van der Waals surface area contributed by atoms with Crippen LogP contribution in [0.4, 0.5) is 13.2 Å². The van der Waals surface area contributed by atoms with Gasteiger partial charge in [-0.25, -0.2) is 9.59 Å². The van der Waals surface area contributed by atoms with Crippen molar-refractivity contribution in [2.45, 2.75) is 12.6 Å². The molecule has 0 aliphatic heterocycles. The molecule has 138 valence electrons. The lowest BCUT2D eigenvalue weighted by Gasteiger charge is -2.08. The van der Waals surface area contributed by atoms with Crippen molar-refractivity contribution < 1.29 is 37.0 Å². The number of carboxylic acid groups (broad SMARTS) is 1. The van der Waals surface area contributed by atoms with Gasteiger partial charge >= 0.3 is 17.8 Å². The zero-order valence-electron chi connectivity index (χ0n) is 13.1. The number of aliphatic carboxylic acids is 1. The summed E-state index contributed by atoms with van der Waals surface area (Å²) >= 11 is 0. The van der Waals surface area contributed by atoms with Gasteiger partial charge in [0.1, 0.15) is 17.1 Å². The highest BCUT2D eigenvalue weighted by Gasteiger charge is 2.38. The monoisotopic (exact) mass is 363 g/mol. The summed E-state index contributed by atoms with van der Waals surface area (Å²) in [7, 11) is 1.56. The van der Waals surface area contributed by atoms with Crippen LogP contribution in [0.1, 0.15) is 6.42 Å². The Bertz CT molecular complexity index is 772. The number of alkyl halides is 3. The molecule has 0 fully saturated rings. The molecule has 3 N–H and O–H groups in total. The summed E-state index contributed by atoms with van der Waals surface area (Å²) < 4.78 is 47.5. The molecular formula is C15H16F3NO6. The molecular weight excluding hydrogens is 347 g/mol. The van der Waals surface area contributed by atoms with Crippen LogP contribution in [0, 0.1) is 0 Å². The predicted molar refractivity (Wildman–Crippen MR) is 81.9 cm³/mol. The van der Waals surface area contributed by atoms with Crippen molar-refractivity contribution in [3.05, 3.63) is 34.7 Å². The first kappa shape index (κ1) is 20.3. The minimum Gasteiger partial charge on any atom is -0.497 e. The minimum atomic E-state index is -5.08. The number of carboxylic acids is 1. The predicted octanol–water partition coefficient (Wildman–Crippen LogP) is 2.16. The number of nitrogens with two attached hydrogens (primary N) is 1. The molecule has 0 atom stereocenters. The fraction of sp³-hybridized carbons (Fsp3) is 0.333. The van der Waals surface area contributed by atoms with E-state index in [9.17, 15) is 18.0 Å². The standard InChI is InChI=1S/C13H15NO4.C2HF3O2/c1-16-9-3-4-10-11(17-6-2-5-14)8-13(15)18-12(10)7-9;3-2(4,5)1(6)7/h3-4,7-8H,2,5-6,14H2,1H3;(H,6,7). The first-order valence-electron chi connectivity index (χ1n) is 6.94. The highest BCUT2D eigenvalue weighted by molar-refractivity contribution is 5.84. The molecule has 1 heterocycles. The van der Waals surface area contributed by atoms with Crippen molar-refractivity contribution >= 4 is 16.9 Å². The average Bonchev–Trinajstić information content (AvgIpc) is 2.53. The maximum Gasteiger partial charge on any atom is 0.490 e. The Kier molecular flexibility index (Phi) is 7.24. The fourth-order valence-electron chi connectivity index (χ4n) is 1.63. The number of hydrogen-bond acceptors (Lipinski definition) is 6. The molecule has 7 nitrogen and oxygen atoms in total. The maximum atomic E-state index is 11.4. The van der Waals surface area contributed by atoms with Gasteiger partial charge < -0.3 is 24.7 Å². The highest BCUT2D eigenvalue weighted by Crippen LogP contribution is 2.27. The van der Waals surface area contributed by atoms with E-state index in [4.69, 9.17) is 29.5 Å². The van der Waals surface area contributed by atoms with Gasteiger partial charge in [-0.05, 0) is 25.1 Å². The SMILES string of the molecule is COc1ccc2c(OCCCN)cc(=O)oc2c1.O=C(O)C(F)(F)F. The Morgan fingerprint density at radius 2 is 1.96 bits per heavy atom. The lowest BCUT2D eigenvalue weighted by Crippen LogP contribution is -2.21. The third kappa shape index (κ3) is 6.34. The van der Waals surface area contributed by atoms with Crippen molar-refractivity contribution in [1.29, 1.82) is 0 Å². The summed E-state index contributed by atoms with van der Waals surface area (Å²) in [6.07, 6.45) is -4.35. The quantitative estimate of drug-likeness (QED) is 0.618. The molecule has 1 aromatic carbocycles. The molecule has 10 heteroatoms. The van der Waals surface area contributed by atoms with E-state index in [-0.39, 0.29) is 0 Å². The van der Waals surface area contributed by atoms with E-state index in [0.29, 0.717) is 30.2 Å². The van der Waals surface area contributed by atoms with E-state index in [1.54, 1.807) is 25.3 Å². The summed E-state index contributed by atoms with van der Waals surface area (Å²) in [5.41, 5.74) is 5.40. The number of rotatable bonds is 5. The van der Waals surface area contributed by atoms with Gasteiger partial charge in [0.05, 0.1) is 25.2 Å². The van der Waals surface area contributed by atoms with Crippen LogP contribution in [-0.2, 0) is 4.79 Å². The Hall–Kier alpha value is -2.75. The first-order valence-corrected chi connectivity index (χ1v) is 6.94. The van der Waals surface area contributed by atoms with Gasteiger partial charge in [-0.3, -0.25) is 0 Å². The molecule has 0 bridgehead atoms. The van der Waals surface area contributed by atoms with Crippen LogP contribution in [0.2, 0.25) is 0 Å². The van der Waals surface area contributed by atoms with Gasteiger partial charge in [0.15, 0.2) is 0 Å². The van der Waals surface area contributed by atoms with E-state index >= 15 is 0 Å². The van der Waals surface area contributed by atoms with Gasteiger partial charge in [-0.1, -0.05) is 0 Å². The van der Waals surface area contributed by atoms with Crippen molar-refractivity contribution in [1.82, 2.24) is 0 Å². The minimum absolute atomic E-state index is 0.446. The molecule has 0 spiro atoms. The van der Waals surface area contributed by atoms with Crippen LogP contribution >= 0.6 is 0 Å². The van der Waals surface area contributed by atoms with Gasteiger partial charge in [0, 0.05) is 6.07 Å². The second-order valence-electron chi connectivity index (χ2n) is 4.59. The molecule has 0 aliphatic carbocycles. The Morgan fingerprint density at radius 3 is 2.48 bits per heavy atom. The molecule has 0 aliphatic rings. The number of ether oxygens (including phenoxy) is 2. The summed E-state index contributed by atoms with van der Waals surface area (Å²) in [6.45, 7) is 1.02. The lowest BCUT2D eigenvalue weighted by molar-refractivity contribution is -0.192. The van der Waals surface area contributed by atoms with Gasteiger partial charge in [-0.2, -0.15) is 13.2 Å². The number of halogens is 3. The summed E-state index contributed by atoms with van der Waals surface area (Å²) in [5, 5.41) is 7.87. The average molecular weight is 363 g/mol. The molecule has 25 heavy (non-hydrogen) atoms.